The highest BCUT2D eigenvalue weighted by Crippen LogP contribution is 2.18. The molecule has 0 saturated carbocycles. The van der Waals surface area contributed by atoms with E-state index in [0.29, 0.717) is 5.56 Å². The molecule has 0 saturated heterocycles. The first-order valence-corrected chi connectivity index (χ1v) is 6.18. The Morgan fingerprint density at radius 3 is 2.67 bits per heavy atom. The summed E-state index contributed by atoms with van der Waals surface area (Å²) in [5, 5.41) is 1.00. The molecule has 0 N–H and O–H groups in total. The molecule has 1 aromatic heterocycles. The van der Waals surface area contributed by atoms with E-state index in [-0.39, 0.29) is 5.78 Å². The predicted molar refractivity (Wildman–Crippen MR) is 64.4 cm³/mol. The van der Waals surface area contributed by atoms with Gasteiger partial charge in [0.2, 0.25) is 0 Å². The quantitative estimate of drug-likeness (QED) is 0.566. The minimum atomic E-state index is 0.0706. The number of hydrogen-bond acceptors (Lipinski definition) is 3. The normalized spacial score (nSPS) is 10.7. The largest absolute Gasteiger partial charge is 0.294 e. The second-order valence-electron chi connectivity index (χ2n) is 3.97. The molecular formula is C12H17NOS. The minimum absolute atomic E-state index is 0.0706. The smallest absolute Gasteiger partial charge is 0.161 e. The standard InChI is InChI=1S/C12H17NOS/c1-9(2)6-7-15-12-5-4-11(8-13-12)10(3)14/h4-5,8-9H,6-7H2,1-3H3. The molecule has 0 aliphatic rings. The van der Waals surface area contributed by atoms with Crippen LogP contribution >= 0.6 is 11.8 Å². The van der Waals surface area contributed by atoms with Gasteiger partial charge in [0.25, 0.3) is 0 Å². The fourth-order valence-electron chi connectivity index (χ4n) is 1.07. The van der Waals surface area contributed by atoms with Crippen molar-refractivity contribution in [3.63, 3.8) is 0 Å². The first kappa shape index (κ1) is 12.2. The van der Waals surface area contributed by atoms with E-state index in [1.54, 1.807) is 24.9 Å². The number of rotatable bonds is 5. The number of aromatic nitrogens is 1. The summed E-state index contributed by atoms with van der Waals surface area (Å²) in [6, 6.07) is 3.76. The van der Waals surface area contributed by atoms with E-state index >= 15 is 0 Å². The fourth-order valence-corrected chi connectivity index (χ4v) is 2.16. The van der Waals surface area contributed by atoms with Crippen LogP contribution in [0.4, 0.5) is 0 Å². The number of hydrogen-bond donors (Lipinski definition) is 0. The molecule has 2 nitrogen and oxygen atoms in total. The lowest BCUT2D eigenvalue weighted by atomic mass is 10.2. The van der Waals surface area contributed by atoms with Crippen LogP contribution in [-0.2, 0) is 0 Å². The van der Waals surface area contributed by atoms with Crippen molar-refractivity contribution in [1.29, 1.82) is 0 Å². The molecule has 1 rings (SSSR count). The first-order valence-electron chi connectivity index (χ1n) is 5.19. The molecule has 0 bridgehead atoms. The third-order valence-corrected chi connectivity index (χ3v) is 3.07. The Labute approximate surface area is 95.5 Å². The summed E-state index contributed by atoms with van der Waals surface area (Å²) in [6.07, 6.45) is 2.85. The molecule has 0 fully saturated rings. The van der Waals surface area contributed by atoms with Crippen LogP contribution < -0.4 is 0 Å². The van der Waals surface area contributed by atoms with Crippen LogP contribution in [0, 0.1) is 5.92 Å². The maximum atomic E-state index is 11.0. The summed E-state index contributed by atoms with van der Waals surface area (Å²) in [7, 11) is 0. The number of carbonyl (C=O) groups excluding carboxylic acids is 1. The average Bonchev–Trinajstić information content (AvgIpc) is 2.18. The zero-order valence-corrected chi connectivity index (χ0v) is 10.3. The third kappa shape index (κ3) is 4.47. The Bertz CT molecular complexity index is 319. The lowest BCUT2D eigenvalue weighted by molar-refractivity contribution is 0.101. The van der Waals surface area contributed by atoms with Crippen LogP contribution in [-0.4, -0.2) is 16.5 Å². The maximum absolute atomic E-state index is 11.0. The number of Topliss-reactive ketones (excluding diaryl/α,β-unsaturated/α-hetero) is 1. The van der Waals surface area contributed by atoms with E-state index in [1.165, 1.54) is 6.42 Å². The monoisotopic (exact) mass is 223 g/mol. The molecule has 3 heteroatoms. The fraction of sp³-hybridized carbons (Fsp3) is 0.500. The van der Waals surface area contributed by atoms with Gasteiger partial charge < -0.3 is 0 Å². The summed E-state index contributed by atoms with van der Waals surface area (Å²) in [4.78, 5) is 15.3. The third-order valence-electron chi connectivity index (χ3n) is 2.09. The van der Waals surface area contributed by atoms with E-state index in [1.807, 2.05) is 12.1 Å². The molecule has 0 aromatic carbocycles. The van der Waals surface area contributed by atoms with Gasteiger partial charge >= 0.3 is 0 Å². The topological polar surface area (TPSA) is 30.0 Å². The van der Waals surface area contributed by atoms with Gasteiger partial charge in [0.1, 0.15) is 0 Å². The van der Waals surface area contributed by atoms with Gasteiger partial charge in [0.05, 0.1) is 5.03 Å². The van der Waals surface area contributed by atoms with Crippen molar-refractivity contribution in [3.05, 3.63) is 23.9 Å². The van der Waals surface area contributed by atoms with E-state index in [0.717, 1.165) is 16.7 Å². The Morgan fingerprint density at radius 1 is 1.47 bits per heavy atom. The summed E-state index contributed by atoms with van der Waals surface area (Å²) < 4.78 is 0. The highest BCUT2D eigenvalue weighted by atomic mass is 32.2. The zero-order chi connectivity index (χ0) is 11.3. The van der Waals surface area contributed by atoms with Gasteiger partial charge in [-0.1, -0.05) is 13.8 Å². The number of thioether (sulfide) groups is 1. The zero-order valence-electron chi connectivity index (χ0n) is 9.49. The molecule has 1 heterocycles. The Hall–Kier alpha value is -0.830. The van der Waals surface area contributed by atoms with Crippen LogP contribution in [0.25, 0.3) is 0 Å². The average molecular weight is 223 g/mol. The second kappa shape index (κ2) is 5.91. The molecular weight excluding hydrogens is 206 g/mol. The molecule has 0 atom stereocenters. The first-order chi connectivity index (χ1) is 7.09. The van der Waals surface area contributed by atoms with Crippen LogP contribution in [0.3, 0.4) is 0 Å². The Balaban J connectivity index is 2.46. The van der Waals surface area contributed by atoms with Gasteiger partial charge in [-0.3, -0.25) is 4.79 Å². The molecule has 0 aliphatic heterocycles. The Kier molecular flexibility index (Phi) is 4.82. The summed E-state index contributed by atoms with van der Waals surface area (Å²) in [5.41, 5.74) is 0.684. The highest BCUT2D eigenvalue weighted by Gasteiger charge is 2.01. The molecule has 0 unspecified atom stereocenters. The lowest BCUT2D eigenvalue weighted by Gasteiger charge is -2.03. The van der Waals surface area contributed by atoms with Gasteiger partial charge in [0, 0.05) is 11.8 Å². The van der Waals surface area contributed by atoms with Crippen LogP contribution in [0.2, 0.25) is 0 Å². The lowest BCUT2D eigenvalue weighted by Crippen LogP contribution is -1.94. The van der Waals surface area contributed by atoms with E-state index in [2.05, 4.69) is 18.8 Å². The van der Waals surface area contributed by atoms with Gasteiger partial charge in [0.15, 0.2) is 5.78 Å². The molecule has 15 heavy (non-hydrogen) atoms. The molecule has 0 radical (unpaired) electrons. The van der Waals surface area contributed by atoms with Gasteiger partial charge in [-0.25, -0.2) is 4.98 Å². The van der Waals surface area contributed by atoms with Crippen molar-refractivity contribution in [2.75, 3.05) is 5.75 Å². The van der Waals surface area contributed by atoms with Crippen molar-refractivity contribution in [3.8, 4) is 0 Å². The van der Waals surface area contributed by atoms with Gasteiger partial charge in [-0.2, -0.15) is 0 Å². The number of pyridine rings is 1. The minimum Gasteiger partial charge on any atom is -0.294 e. The molecule has 0 spiro atoms. The summed E-state index contributed by atoms with van der Waals surface area (Å²) >= 11 is 1.75. The molecule has 82 valence electrons. The van der Waals surface area contributed by atoms with E-state index in [4.69, 9.17) is 0 Å². The number of nitrogens with zero attached hydrogens (tertiary/aromatic N) is 1. The predicted octanol–water partition coefficient (Wildman–Crippen LogP) is 3.42. The second-order valence-corrected chi connectivity index (χ2v) is 5.09. The summed E-state index contributed by atoms with van der Waals surface area (Å²) in [5.74, 6) is 1.89. The van der Waals surface area contributed by atoms with Crippen LogP contribution in [0.15, 0.2) is 23.4 Å². The molecule has 0 aliphatic carbocycles. The summed E-state index contributed by atoms with van der Waals surface area (Å²) in [6.45, 7) is 5.99. The highest BCUT2D eigenvalue weighted by molar-refractivity contribution is 7.99. The van der Waals surface area contributed by atoms with Crippen molar-refractivity contribution in [1.82, 2.24) is 4.98 Å². The molecule has 0 amide bonds. The Morgan fingerprint density at radius 2 is 2.20 bits per heavy atom. The number of carbonyl (C=O) groups is 1. The van der Waals surface area contributed by atoms with E-state index < -0.39 is 0 Å². The number of ketones is 1. The van der Waals surface area contributed by atoms with Crippen molar-refractivity contribution in [2.45, 2.75) is 32.2 Å². The van der Waals surface area contributed by atoms with Crippen molar-refractivity contribution < 1.29 is 4.79 Å². The molecule has 1 aromatic rings. The maximum Gasteiger partial charge on any atom is 0.161 e. The van der Waals surface area contributed by atoms with Gasteiger partial charge in [-0.15, -0.1) is 11.8 Å². The van der Waals surface area contributed by atoms with Crippen molar-refractivity contribution in [2.24, 2.45) is 5.92 Å². The van der Waals surface area contributed by atoms with Crippen LogP contribution in [0.5, 0.6) is 0 Å². The van der Waals surface area contributed by atoms with Crippen molar-refractivity contribution >= 4 is 17.5 Å². The van der Waals surface area contributed by atoms with E-state index in [9.17, 15) is 4.79 Å². The van der Waals surface area contributed by atoms with Crippen LogP contribution in [0.1, 0.15) is 37.6 Å². The van der Waals surface area contributed by atoms with Gasteiger partial charge in [-0.05, 0) is 37.1 Å². The SMILES string of the molecule is CC(=O)c1ccc(SCCC(C)C)nc1.